The van der Waals surface area contributed by atoms with E-state index in [1.165, 1.54) is 0 Å². The van der Waals surface area contributed by atoms with Gasteiger partial charge in [-0.2, -0.15) is 5.10 Å². The SMILES string of the molecule is CCc1cc(C(=O)N2CCC(C(=O)O)CC2C)n(CC)n1. The molecule has 0 aromatic carbocycles. The van der Waals surface area contributed by atoms with Gasteiger partial charge in [0.15, 0.2) is 0 Å². The zero-order chi connectivity index (χ0) is 15.6. The number of amides is 1. The molecule has 2 unspecified atom stereocenters. The van der Waals surface area contributed by atoms with E-state index in [1.54, 1.807) is 9.58 Å². The molecule has 1 saturated heterocycles. The fraction of sp³-hybridized carbons (Fsp3) is 0.667. The van der Waals surface area contributed by atoms with E-state index in [9.17, 15) is 9.59 Å². The second kappa shape index (κ2) is 6.28. The van der Waals surface area contributed by atoms with Crippen molar-refractivity contribution < 1.29 is 14.7 Å². The number of rotatable bonds is 4. The first-order chi connectivity index (χ1) is 9.97. The molecule has 1 N–H and O–H groups in total. The van der Waals surface area contributed by atoms with Gasteiger partial charge in [0, 0.05) is 19.1 Å². The van der Waals surface area contributed by atoms with E-state index in [0.29, 0.717) is 31.6 Å². The molecule has 6 heteroatoms. The molecule has 116 valence electrons. The minimum absolute atomic E-state index is 0.0413. The first-order valence-electron chi connectivity index (χ1n) is 7.58. The Morgan fingerprint density at radius 3 is 2.67 bits per heavy atom. The number of carbonyl (C=O) groups is 2. The Morgan fingerprint density at radius 1 is 1.43 bits per heavy atom. The van der Waals surface area contributed by atoms with Gasteiger partial charge in [-0.15, -0.1) is 0 Å². The largest absolute Gasteiger partial charge is 0.481 e. The number of aliphatic carboxylic acids is 1. The minimum atomic E-state index is -0.763. The summed E-state index contributed by atoms with van der Waals surface area (Å²) in [5, 5.41) is 13.5. The molecule has 1 amide bonds. The summed E-state index contributed by atoms with van der Waals surface area (Å²) in [6.07, 6.45) is 1.83. The number of aryl methyl sites for hydroxylation is 2. The monoisotopic (exact) mass is 293 g/mol. The first-order valence-corrected chi connectivity index (χ1v) is 7.58. The van der Waals surface area contributed by atoms with E-state index < -0.39 is 5.97 Å². The molecule has 1 aromatic heterocycles. The van der Waals surface area contributed by atoms with Crippen molar-refractivity contribution >= 4 is 11.9 Å². The molecular formula is C15H23N3O3. The van der Waals surface area contributed by atoms with E-state index in [-0.39, 0.29) is 17.9 Å². The number of aromatic nitrogens is 2. The third-order valence-corrected chi connectivity index (χ3v) is 4.20. The van der Waals surface area contributed by atoms with Gasteiger partial charge in [0.1, 0.15) is 5.69 Å². The topological polar surface area (TPSA) is 75.4 Å². The van der Waals surface area contributed by atoms with Gasteiger partial charge < -0.3 is 10.0 Å². The maximum Gasteiger partial charge on any atom is 0.306 e. The average molecular weight is 293 g/mol. The van der Waals surface area contributed by atoms with Gasteiger partial charge in [0.25, 0.3) is 5.91 Å². The summed E-state index contributed by atoms with van der Waals surface area (Å²) in [7, 11) is 0. The van der Waals surface area contributed by atoms with Crippen LogP contribution in [0.4, 0.5) is 0 Å². The summed E-state index contributed by atoms with van der Waals surface area (Å²) in [6, 6.07) is 1.79. The van der Waals surface area contributed by atoms with Gasteiger partial charge in [-0.3, -0.25) is 14.3 Å². The average Bonchev–Trinajstić information content (AvgIpc) is 2.89. The Kier molecular flexibility index (Phi) is 4.65. The van der Waals surface area contributed by atoms with Crippen LogP contribution < -0.4 is 0 Å². The van der Waals surface area contributed by atoms with E-state index in [1.807, 2.05) is 26.8 Å². The number of hydrogen-bond donors (Lipinski definition) is 1. The van der Waals surface area contributed by atoms with E-state index in [0.717, 1.165) is 12.1 Å². The summed E-state index contributed by atoms with van der Waals surface area (Å²) < 4.78 is 1.73. The van der Waals surface area contributed by atoms with Crippen LogP contribution in [0.15, 0.2) is 6.07 Å². The van der Waals surface area contributed by atoms with Crippen molar-refractivity contribution in [2.45, 2.75) is 52.6 Å². The Balaban J connectivity index is 2.17. The second-order valence-electron chi connectivity index (χ2n) is 5.60. The van der Waals surface area contributed by atoms with Crippen LogP contribution in [0.3, 0.4) is 0 Å². The number of likely N-dealkylation sites (tertiary alicyclic amines) is 1. The minimum Gasteiger partial charge on any atom is -0.481 e. The Labute approximate surface area is 124 Å². The van der Waals surface area contributed by atoms with Crippen molar-refractivity contribution in [2.24, 2.45) is 5.92 Å². The van der Waals surface area contributed by atoms with Gasteiger partial charge in [0.2, 0.25) is 0 Å². The zero-order valence-corrected chi connectivity index (χ0v) is 12.9. The highest BCUT2D eigenvalue weighted by Crippen LogP contribution is 2.24. The number of nitrogens with zero attached hydrogens (tertiary/aromatic N) is 3. The van der Waals surface area contributed by atoms with Crippen LogP contribution in [0.2, 0.25) is 0 Å². The number of carboxylic acids is 1. The molecular weight excluding hydrogens is 270 g/mol. The fourth-order valence-electron chi connectivity index (χ4n) is 2.90. The summed E-state index contributed by atoms with van der Waals surface area (Å²) in [5.74, 6) is -1.15. The lowest BCUT2D eigenvalue weighted by Gasteiger charge is -2.36. The van der Waals surface area contributed by atoms with Crippen molar-refractivity contribution in [1.82, 2.24) is 14.7 Å². The van der Waals surface area contributed by atoms with Crippen LogP contribution in [0, 0.1) is 5.92 Å². The van der Waals surface area contributed by atoms with Crippen LogP contribution >= 0.6 is 0 Å². The summed E-state index contributed by atoms with van der Waals surface area (Å²) in [5.41, 5.74) is 1.52. The molecule has 2 heterocycles. The second-order valence-corrected chi connectivity index (χ2v) is 5.60. The van der Waals surface area contributed by atoms with Crippen LogP contribution in [0.1, 0.15) is 49.8 Å². The Morgan fingerprint density at radius 2 is 2.14 bits per heavy atom. The van der Waals surface area contributed by atoms with Crippen LogP contribution in [0.25, 0.3) is 0 Å². The Bertz CT molecular complexity index is 538. The molecule has 21 heavy (non-hydrogen) atoms. The van der Waals surface area contributed by atoms with Crippen molar-refractivity contribution in [3.8, 4) is 0 Å². The molecule has 0 spiro atoms. The highest BCUT2D eigenvalue weighted by atomic mass is 16.4. The molecule has 1 fully saturated rings. The molecule has 0 saturated carbocycles. The molecule has 1 aromatic rings. The maximum absolute atomic E-state index is 12.7. The highest BCUT2D eigenvalue weighted by molar-refractivity contribution is 5.93. The third-order valence-electron chi connectivity index (χ3n) is 4.20. The van der Waals surface area contributed by atoms with Crippen molar-refractivity contribution in [1.29, 1.82) is 0 Å². The Hall–Kier alpha value is -1.85. The molecule has 6 nitrogen and oxygen atoms in total. The van der Waals surface area contributed by atoms with Crippen LogP contribution in [0.5, 0.6) is 0 Å². The van der Waals surface area contributed by atoms with Crippen molar-refractivity contribution in [3.63, 3.8) is 0 Å². The summed E-state index contributed by atoms with van der Waals surface area (Å²) in [6.45, 7) is 7.04. The summed E-state index contributed by atoms with van der Waals surface area (Å²) >= 11 is 0. The molecule has 2 rings (SSSR count). The number of hydrogen-bond acceptors (Lipinski definition) is 3. The lowest BCUT2D eigenvalue weighted by Crippen LogP contribution is -2.46. The number of piperidine rings is 1. The van der Waals surface area contributed by atoms with Crippen molar-refractivity contribution in [3.05, 3.63) is 17.5 Å². The molecule has 0 bridgehead atoms. The lowest BCUT2D eigenvalue weighted by atomic mass is 9.91. The van der Waals surface area contributed by atoms with Gasteiger partial charge in [0.05, 0.1) is 11.6 Å². The smallest absolute Gasteiger partial charge is 0.306 e. The van der Waals surface area contributed by atoms with E-state index in [4.69, 9.17) is 5.11 Å². The number of carboxylic acid groups (broad SMARTS) is 1. The molecule has 1 aliphatic heterocycles. The predicted molar refractivity (Wildman–Crippen MR) is 78.1 cm³/mol. The normalized spacial score (nSPS) is 22.3. The van der Waals surface area contributed by atoms with Crippen LogP contribution in [-0.2, 0) is 17.8 Å². The van der Waals surface area contributed by atoms with Crippen molar-refractivity contribution in [2.75, 3.05) is 6.54 Å². The van der Waals surface area contributed by atoms with Gasteiger partial charge in [-0.25, -0.2) is 0 Å². The maximum atomic E-state index is 12.7. The third kappa shape index (κ3) is 3.09. The van der Waals surface area contributed by atoms with Gasteiger partial charge >= 0.3 is 5.97 Å². The molecule has 0 aliphatic carbocycles. The zero-order valence-electron chi connectivity index (χ0n) is 12.9. The number of carbonyl (C=O) groups excluding carboxylic acids is 1. The summed E-state index contributed by atoms with van der Waals surface area (Å²) in [4.78, 5) is 25.6. The van der Waals surface area contributed by atoms with E-state index >= 15 is 0 Å². The predicted octanol–water partition coefficient (Wildman–Crippen LogP) is 1.79. The molecule has 1 aliphatic rings. The standard InChI is InChI=1S/C15H23N3O3/c1-4-12-9-13(18(5-2)16-12)14(19)17-7-6-11(15(20)21)8-10(17)3/h9-11H,4-8H2,1-3H3,(H,20,21). The van der Waals surface area contributed by atoms with Gasteiger partial charge in [-0.1, -0.05) is 6.92 Å². The highest BCUT2D eigenvalue weighted by Gasteiger charge is 2.33. The van der Waals surface area contributed by atoms with Gasteiger partial charge in [-0.05, 0) is 39.2 Å². The molecule has 2 atom stereocenters. The molecule has 0 radical (unpaired) electrons. The fourth-order valence-corrected chi connectivity index (χ4v) is 2.90. The quantitative estimate of drug-likeness (QED) is 0.918. The van der Waals surface area contributed by atoms with E-state index in [2.05, 4.69) is 5.10 Å². The first kappa shape index (κ1) is 15.5. The lowest BCUT2D eigenvalue weighted by molar-refractivity contribution is -0.143. The van der Waals surface area contributed by atoms with Crippen LogP contribution in [-0.4, -0.2) is 44.3 Å².